The molecule has 2 aromatic heterocycles. The highest BCUT2D eigenvalue weighted by Gasteiger charge is 2.25. The molecule has 0 amide bonds. The predicted molar refractivity (Wildman–Crippen MR) is 103 cm³/mol. The molecule has 142 valence electrons. The zero-order chi connectivity index (χ0) is 18.8. The van der Waals surface area contributed by atoms with Crippen LogP contribution in [0.25, 0.3) is 10.2 Å². The summed E-state index contributed by atoms with van der Waals surface area (Å²) in [6.07, 6.45) is 0. The number of nitrogens with zero attached hydrogens (tertiary/aromatic N) is 2. The first-order chi connectivity index (χ1) is 12.4. The standard InChI is InChI=1S/C18H26N4O3S/c1-5-25-18(24)15-13(10(2)3)14-16(23)20-12(21-17(14)26-15)9-22-7-6-19-11(4)8-22/h10-11,19H,5-9H2,1-4H3,(H,20,21,23). The number of hydrogen-bond donors (Lipinski definition) is 2. The Morgan fingerprint density at radius 1 is 1.46 bits per heavy atom. The molecule has 2 N–H and O–H groups in total. The highest BCUT2D eigenvalue weighted by atomic mass is 32.1. The number of aromatic nitrogens is 2. The maximum absolute atomic E-state index is 12.8. The Kier molecular flexibility index (Phi) is 5.74. The highest BCUT2D eigenvalue weighted by molar-refractivity contribution is 7.20. The lowest BCUT2D eigenvalue weighted by Gasteiger charge is -2.31. The van der Waals surface area contributed by atoms with Gasteiger partial charge in [-0.2, -0.15) is 0 Å². The number of carbonyl (C=O) groups excluding carboxylic acids is 1. The van der Waals surface area contributed by atoms with E-state index in [1.165, 1.54) is 11.3 Å². The molecule has 3 rings (SSSR count). The van der Waals surface area contributed by atoms with Crippen molar-refractivity contribution in [2.75, 3.05) is 26.2 Å². The number of aromatic amines is 1. The number of esters is 1. The minimum atomic E-state index is -0.379. The summed E-state index contributed by atoms with van der Waals surface area (Å²) in [5, 5.41) is 3.92. The van der Waals surface area contributed by atoms with Crippen LogP contribution < -0.4 is 10.9 Å². The number of rotatable bonds is 5. The maximum Gasteiger partial charge on any atom is 0.348 e. The number of carbonyl (C=O) groups is 1. The molecule has 0 radical (unpaired) electrons. The van der Waals surface area contributed by atoms with Crippen LogP contribution in [-0.4, -0.2) is 53.1 Å². The van der Waals surface area contributed by atoms with E-state index in [2.05, 4.69) is 27.1 Å². The van der Waals surface area contributed by atoms with Crippen LogP contribution in [0.1, 0.15) is 54.7 Å². The molecule has 1 atom stereocenters. The van der Waals surface area contributed by atoms with E-state index < -0.39 is 0 Å². The minimum Gasteiger partial charge on any atom is -0.462 e. The van der Waals surface area contributed by atoms with Crippen LogP contribution in [0.4, 0.5) is 0 Å². The van der Waals surface area contributed by atoms with Crippen molar-refractivity contribution in [2.24, 2.45) is 0 Å². The number of fused-ring (bicyclic) bond motifs is 1. The predicted octanol–water partition coefficient (Wildman–Crippen LogP) is 2.08. The minimum absolute atomic E-state index is 0.0333. The molecule has 0 bridgehead atoms. The lowest BCUT2D eigenvalue weighted by atomic mass is 10.0. The van der Waals surface area contributed by atoms with E-state index in [4.69, 9.17) is 4.74 Å². The highest BCUT2D eigenvalue weighted by Crippen LogP contribution is 2.33. The molecular weight excluding hydrogens is 352 g/mol. The monoisotopic (exact) mass is 378 g/mol. The summed E-state index contributed by atoms with van der Waals surface area (Å²) in [6.45, 7) is 11.5. The fourth-order valence-electron chi connectivity index (χ4n) is 3.42. The summed E-state index contributed by atoms with van der Waals surface area (Å²) in [7, 11) is 0. The van der Waals surface area contributed by atoms with Gasteiger partial charge < -0.3 is 15.0 Å². The molecule has 0 spiro atoms. The third-order valence-corrected chi connectivity index (χ3v) is 5.59. The van der Waals surface area contributed by atoms with E-state index >= 15 is 0 Å². The second kappa shape index (κ2) is 7.85. The summed E-state index contributed by atoms with van der Waals surface area (Å²) in [5.74, 6) is 0.297. The van der Waals surface area contributed by atoms with E-state index in [1.54, 1.807) is 6.92 Å². The van der Waals surface area contributed by atoms with Gasteiger partial charge in [-0.3, -0.25) is 9.69 Å². The third kappa shape index (κ3) is 3.82. The number of thiophene rings is 1. The van der Waals surface area contributed by atoms with Crippen LogP contribution in [0.5, 0.6) is 0 Å². The van der Waals surface area contributed by atoms with Crippen LogP contribution in [0.15, 0.2) is 4.79 Å². The normalized spacial score (nSPS) is 18.6. The van der Waals surface area contributed by atoms with Gasteiger partial charge in [0.15, 0.2) is 0 Å². The number of nitrogens with one attached hydrogen (secondary N) is 2. The van der Waals surface area contributed by atoms with Crippen molar-refractivity contribution in [2.45, 2.75) is 46.2 Å². The molecule has 0 aromatic carbocycles. The first kappa shape index (κ1) is 19.0. The van der Waals surface area contributed by atoms with E-state index in [0.29, 0.717) is 40.1 Å². The molecule has 1 fully saturated rings. The molecule has 3 heterocycles. The van der Waals surface area contributed by atoms with Crippen molar-refractivity contribution in [1.29, 1.82) is 0 Å². The number of piperazine rings is 1. The average Bonchev–Trinajstić information content (AvgIpc) is 2.95. The first-order valence-electron chi connectivity index (χ1n) is 9.09. The van der Waals surface area contributed by atoms with Crippen molar-refractivity contribution in [3.05, 3.63) is 26.6 Å². The van der Waals surface area contributed by atoms with Gasteiger partial charge in [0.1, 0.15) is 15.5 Å². The van der Waals surface area contributed by atoms with Gasteiger partial charge in [-0.15, -0.1) is 11.3 Å². The van der Waals surface area contributed by atoms with Gasteiger partial charge in [-0.05, 0) is 25.3 Å². The summed E-state index contributed by atoms with van der Waals surface area (Å²) in [6, 6.07) is 0.420. The summed E-state index contributed by atoms with van der Waals surface area (Å²) < 4.78 is 5.17. The number of hydrogen-bond acceptors (Lipinski definition) is 7. The molecule has 2 aromatic rings. The van der Waals surface area contributed by atoms with Gasteiger partial charge in [0, 0.05) is 25.7 Å². The van der Waals surface area contributed by atoms with Gasteiger partial charge in [0.2, 0.25) is 0 Å². The smallest absolute Gasteiger partial charge is 0.348 e. The fraction of sp³-hybridized carbons (Fsp3) is 0.611. The van der Waals surface area contributed by atoms with Crippen molar-refractivity contribution < 1.29 is 9.53 Å². The van der Waals surface area contributed by atoms with Gasteiger partial charge in [0.05, 0.1) is 18.5 Å². The second-order valence-electron chi connectivity index (χ2n) is 7.00. The molecule has 26 heavy (non-hydrogen) atoms. The molecule has 1 unspecified atom stereocenters. The Morgan fingerprint density at radius 2 is 2.23 bits per heavy atom. The average molecular weight is 378 g/mol. The van der Waals surface area contributed by atoms with Gasteiger partial charge in [-0.25, -0.2) is 9.78 Å². The first-order valence-corrected chi connectivity index (χ1v) is 9.90. The Hall–Kier alpha value is -1.77. The molecule has 1 aliphatic rings. The summed E-state index contributed by atoms with van der Waals surface area (Å²) in [4.78, 5) is 36.0. The van der Waals surface area contributed by atoms with Gasteiger partial charge in [-0.1, -0.05) is 13.8 Å². The summed E-state index contributed by atoms with van der Waals surface area (Å²) >= 11 is 1.25. The maximum atomic E-state index is 12.8. The lowest BCUT2D eigenvalue weighted by molar-refractivity contribution is 0.0530. The molecular formula is C18H26N4O3S. The van der Waals surface area contributed by atoms with Gasteiger partial charge >= 0.3 is 5.97 Å². The lowest BCUT2D eigenvalue weighted by Crippen LogP contribution is -2.48. The van der Waals surface area contributed by atoms with E-state index in [-0.39, 0.29) is 17.4 Å². The van der Waals surface area contributed by atoms with Crippen LogP contribution in [0.2, 0.25) is 0 Å². The second-order valence-corrected chi connectivity index (χ2v) is 8.00. The molecule has 8 heteroatoms. The Morgan fingerprint density at radius 3 is 2.88 bits per heavy atom. The largest absolute Gasteiger partial charge is 0.462 e. The Balaban J connectivity index is 2.00. The molecule has 7 nitrogen and oxygen atoms in total. The third-order valence-electron chi connectivity index (χ3n) is 4.51. The fourth-order valence-corrected chi connectivity index (χ4v) is 4.66. The van der Waals surface area contributed by atoms with Crippen molar-refractivity contribution in [3.63, 3.8) is 0 Å². The molecule has 0 aliphatic carbocycles. The van der Waals surface area contributed by atoms with Crippen molar-refractivity contribution in [3.8, 4) is 0 Å². The van der Waals surface area contributed by atoms with Crippen LogP contribution >= 0.6 is 11.3 Å². The zero-order valence-corrected chi connectivity index (χ0v) is 16.5. The van der Waals surface area contributed by atoms with Crippen LogP contribution in [-0.2, 0) is 11.3 Å². The molecule has 1 saturated heterocycles. The number of H-pyrrole nitrogens is 1. The topological polar surface area (TPSA) is 87.3 Å². The number of ether oxygens (including phenoxy) is 1. The summed E-state index contributed by atoms with van der Waals surface area (Å²) in [5.41, 5.74) is 0.559. The Labute approximate surface area is 156 Å². The van der Waals surface area contributed by atoms with Crippen molar-refractivity contribution in [1.82, 2.24) is 20.2 Å². The SMILES string of the molecule is CCOC(=O)c1sc2nc(CN3CCNC(C)C3)[nH]c(=O)c2c1C(C)C. The van der Waals surface area contributed by atoms with Crippen molar-refractivity contribution >= 4 is 27.5 Å². The van der Waals surface area contributed by atoms with Crippen LogP contribution in [0.3, 0.4) is 0 Å². The quantitative estimate of drug-likeness (QED) is 0.775. The molecule has 0 saturated carbocycles. The van der Waals surface area contributed by atoms with Gasteiger partial charge in [0.25, 0.3) is 5.56 Å². The van der Waals surface area contributed by atoms with Crippen LogP contribution in [0, 0.1) is 0 Å². The van der Waals surface area contributed by atoms with E-state index in [0.717, 1.165) is 25.2 Å². The Bertz CT molecular complexity index is 858. The van der Waals surface area contributed by atoms with E-state index in [1.807, 2.05) is 13.8 Å². The molecule has 1 aliphatic heterocycles. The zero-order valence-electron chi connectivity index (χ0n) is 15.7. The van der Waals surface area contributed by atoms with E-state index in [9.17, 15) is 9.59 Å².